The molecule has 1 aliphatic heterocycles. The Labute approximate surface area is 257 Å². The van der Waals surface area contributed by atoms with Crippen LogP contribution in [0.1, 0.15) is 31.9 Å². The van der Waals surface area contributed by atoms with E-state index in [2.05, 4.69) is 20.4 Å². The summed E-state index contributed by atoms with van der Waals surface area (Å²) in [7, 11) is 4.87. The van der Waals surface area contributed by atoms with Gasteiger partial charge in [-0.1, -0.05) is 17.4 Å². The van der Waals surface area contributed by atoms with E-state index in [1.165, 1.54) is 23.5 Å². The molecule has 1 aliphatic rings. The molecule has 2 heterocycles. The van der Waals surface area contributed by atoms with Crippen molar-refractivity contribution >= 4 is 45.5 Å². The molecule has 4 rings (SSSR count). The predicted molar refractivity (Wildman–Crippen MR) is 163 cm³/mol. The molecule has 0 aliphatic carbocycles. The Balaban J connectivity index is 1.57. The van der Waals surface area contributed by atoms with E-state index < -0.39 is 23.7 Å². The van der Waals surface area contributed by atoms with Gasteiger partial charge < -0.3 is 19.7 Å². The average Bonchev–Trinajstić information content (AvgIpc) is 3.43. The Morgan fingerprint density at radius 2 is 1.89 bits per heavy atom. The number of morpholine rings is 1. The number of methoxy groups -OCH3 is 1. The minimum absolute atomic E-state index is 0.0381. The molecule has 236 valence electrons. The van der Waals surface area contributed by atoms with Crippen LogP contribution < -0.4 is 21.5 Å². The van der Waals surface area contributed by atoms with Crippen LogP contribution in [-0.2, 0) is 22.2 Å². The van der Waals surface area contributed by atoms with Crippen molar-refractivity contribution in [3.8, 4) is 0 Å². The van der Waals surface area contributed by atoms with Crippen LogP contribution in [-0.4, -0.2) is 74.3 Å². The second-order valence-corrected chi connectivity index (χ2v) is 11.3. The summed E-state index contributed by atoms with van der Waals surface area (Å²) in [5, 5.41) is 6.82. The number of carbonyl (C=O) groups excluding carboxylic acids is 2. The second-order valence-electron chi connectivity index (χ2n) is 10.2. The Kier molecular flexibility index (Phi) is 10.5. The number of benzene rings is 2. The molecular formula is C29H34F3N7O4S. The SMILES string of the molecule is COC(=O)Nc1ncc(/C(=C/N(N)c2cc(C(=O)Nc3cc(CN4CCOCC4)cc(C(F)(F)F)c3)ccc2C)N(C)C)s1. The third-order valence-corrected chi connectivity index (χ3v) is 7.67. The fraction of sp³-hybridized carbons (Fsp3) is 0.345. The van der Waals surface area contributed by atoms with Gasteiger partial charge in [0, 0.05) is 57.4 Å². The quantitative estimate of drug-likeness (QED) is 0.221. The van der Waals surface area contributed by atoms with Crippen molar-refractivity contribution < 1.29 is 32.2 Å². The van der Waals surface area contributed by atoms with Gasteiger partial charge in [-0.3, -0.25) is 20.0 Å². The fourth-order valence-electron chi connectivity index (χ4n) is 4.46. The largest absolute Gasteiger partial charge is 0.453 e. The summed E-state index contributed by atoms with van der Waals surface area (Å²) >= 11 is 1.21. The van der Waals surface area contributed by atoms with Gasteiger partial charge in [0.2, 0.25) is 0 Å². The second kappa shape index (κ2) is 14.1. The first-order valence-electron chi connectivity index (χ1n) is 13.5. The number of rotatable bonds is 9. The third-order valence-electron chi connectivity index (χ3n) is 6.73. The molecule has 0 spiro atoms. The zero-order valence-electron chi connectivity index (χ0n) is 24.7. The van der Waals surface area contributed by atoms with E-state index in [9.17, 15) is 22.8 Å². The fourth-order valence-corrected chi connectivity index (χ4v) is 5.35. The van der Waals surface area contributed by atoms with Crippen molar-refractivity contribution in [1.29, 1.82) is 0 Å². The Bertz CT molecular complexity index is 1520. The average molecular weight is 634 g/mol. The molecule has 44 heavy (non-hydrogen) atoms. The minimum atomic E-state index is -4.58. The summed E-state index contributed by atoms with van der Waals surface area (Å²) in [6.07, 6.45) is -2.01. The maximum atomic E-state index is 13.7. The highest BCUT2D eigenvalue weighted by Crippen LogP contribution is 2.33. The number of amides is 2. The monoisotopic (exact) mass is 633 g/mol. The van der Waals surface area contributed by atoms with E-state index in [1.807, 2.05) is 30.8 Å². The number of ether oxygens (including phenoxy) is 2. The van der Waals surface area contributed by atoms with Gasteiger partial charge in [-0.2, -0.15) is 13.2 Å². The highest BCUT2D eigenvalue weighted by molar-refractivity contribution is 7.16. The number of aromatic nitrogens is 1. The standard InChI is InChI=1S/C29H34F3N7O4S/c1-18-5-6-20(13-23(18)39(33)17-24(37(2)3)25-15-34-27(44-25)36-28(41)42-4)26(40)35-22-12-19(11-21(14-22)29(30,31)32)16-38-7-9-43-10-8-38/h5-6,11-15,17H,7-10,16,33H2,1-4H3,(H,35,40)(H,34,36,41)/b24-17-. The number of nitrogens with two attached hydrogens (primary N) is 1. The van der Waals surface area contributed by atoms with E-state index in [0.717, 1.165) is 17.7 Å². The zero-order chi connectivity index (χ0) is 32.0. The van der Waals surface area contributed by atoms with Crippen LogP contribution >= 0.6 is 11.3 Å². The molecule has 0 radical (unpaired) electrons. The van der Waals surface area contributed by atoms with Gasteiger partial charge in [0.15, 0.2) is 5.13 Å². The summed E-state index contributed by atoms with van der Waals surface area (Å²) in [6, 6.07) is 8.43. The van der Waals surface area contributed by atoms with Crippen molar-refractivity contribution in [2.75, 3.05) is 63.2 Å². The van der Waals surface area contributed by atoms with E-state index in [-0.39, 0.29) is 11.3 Å². The Morgan fingerprint density at radius 3 is 2.55 bits per heavy atom. The Morgan fingerprint density at radius 1 is 1.16 bits per heavy atom. The number of hydrogen-bond donors (Lipinski definition) is 3. The maximum absolute atomic E-state index is 13.7. The van der Waals surface area contributed by atoms with E-state index in [1.54, 1.807) is 36.7 Å². The number of hydrogen-bond acceptors (Lipinski definition) is 10. The molecule has 4 N–H and O–H groups in total. The molecule has 1 saturated heterocycles. The third kappa shape index (κ3) is 8.47. The first-order chi connectivity index (χ1) is 20.8. The van der Waals surface area contributed by atoms with Crippen molar-refractivity contribution in [3.63, 3.8) is 0 Å². The highest BCUT2D eigenvalue weighted by Gasteiger charge is 2.31. The predicted octanol–water partition coefficient (Wildman–Crippen LogP) is 4.97. The van der Waals surface area contributed by atoms with Gasteiger partial charge in [0.25, 0.3) is 5.91 Å². The smallest absolute Gasteiger partial charge is 0.416 e. The molecule has 3 aromatic rings. The molecule has 11 nitrogen and oxygen atoms in total. The zero-order valence-corrected chi connectivity index (χ0v) is 25.5. The summed E-state index contributed by atoms with van der Waals surface area (Å²) < 4.78 is 51.1. The molecule has 0 bridgehead atoms. The lowest BCUT2D eigenvalue weighted by atomic mass is 10.1. The molecular weight excluding hydrogens is 599 g/mol. The van der Waals surface area contributed by atoms with Crippen LogP contribution in [0.3, 0.4) is 0 Å². The van der Waals surface area contributed by atoms with E-state index >= 15 is 0 Å². The van der Waals surface area contributed by atoms with Crippen LogP contribution in [0.5, 0.6) is 0 Å². The summed E-state index contributed by atoms with van der Waals surface area (Å²) in [6.45, 7) is 4.36. The van der Waals surface area contributed by atoms with Crippen molar-refractivity contribution in [2.24, 2.45) is 5.84 Å². The number of alkyl halides is 3. The van der Waals surface area contributed by atoms with Crippen LogP contribution in [0.15, 0.2) is 48.8 Å². The van der Waals surface area contributed by atoms with Crippen molar-refractivity contribution in [2.45, 2.75) is 19.6 Å². The number of hydrazine groups is 1. The summed E-state index contributed by atoms with van der Waals surface area (Å²) in [4.78, 5) is 33.5. The highest BCUT2D eigenvalue weighted by atomic mass is 32.1. The van der Waals surface area contributed by atoms with Gasteiger partial charge in [0.1, 0.15) is 0 Å². The topological polar surface area (TPSA) is 125 Å². The molecule has 2 amide bonds. The number of carbonyl (C=O) groups is 2. The number of nitrogens with zero attached hydrogens (tertiary/aromatic N) is 4. The number of thiazole rings is 1. The number of halogens is 3. The first-order valence-corrected chi connectivity index (χ1v) is 14.3. The van der Waals surface area contributed by atoms with Gasteiger partial charge in [-0.25, -0.2) is 15.6 Å². The maximum Gasteiger partial charge on any atom is 0.416 e. The molecule has 15 heteroatoms. The van der Waals surface area contributed by atoms with Crippen molar-refractivity contribution in [3.05, 3.63) is 75.9 Å². The summed E-state index contributed by atoms with van der Waals surface area (Å²) in [5.41, 5.74) is 1.74. The molecule has 1 fully saturated rings. The van der Waals surface area contributed by atoms with E-state index in [4.69, 9.17) is 10.6 Å². The van der Waals surface area contributed by atoms with Crippen LogP contribution in [0, 0.1) is 6.92 Å². The molecule has 0 unspecified atom stereocenters. The van der Waals surface area contributed by atoms with Gasteiger partial charge in [0.05, 0.1) is 42.1 Å². The van der Waals surface area contributed by atoms with Crippen molar-refractivity contribution in [1.82, 2.24) is 14.8 Å². The molecule has 1 aromatic heterocycles. The van der Waals surface area contributed by atoms with Crippen LogP contribution in [0.25, 0.3) is 5.70 Å². The molecule has 0 saturated carbocycles. The first kappa shape index (κ1) is 32.7. The van der Waals surface area contributed by atoms with Crippen LogP contribution in [0.2, 0.25) is 0 Å². The summed E-state index contributed by atoms with van der Waals surface area (Å²) in [5.74, 6) is 5.84. The minimum Gasteiger partial charge on any atom is -0.453 e. The van der Waals surface area contributed by atoms with E-state index in [0.29, 0.717) is 59.8 Å². The van der Waals surface area contributed by atoms with Gasteiger partial charge >= 0.3 is 12.3 Å². The molecule has 0 atom stereocenters. The van der Waals surface area contributed by atoms with Gasteiger partial charge in [-0.05, 0) is 48.4 Å². The number of aryl methyl sites for hydroxylation is 1. The van der Waals surface area contributed by atoms with Crippen LogP contribution in [0.4, 0.5) is 34.5 Å². The molecule has 2 aromatic carbocycles. The Hall–Kier alpha value is -4.18. The van der Waals surface area contributed by atoms with Gasteiger partial charge in [-0.15, -0.1) is 0 Å². The lowest BCUT2D eigenvalue weighted by molar-refractivity contribution is -0.137. The number of anilines is 3. The lowest BCUT2D eigenvalue weighted by Crippen LogP contribution is -2.35. The lowest BCUT2D eigenvalue weighted by Gasteiger charge is -2.27. The normalized spacial score (nSPS) is 14.2. The number of nitrogens with one attached hydrogen (secondary N) is 2.